The van der Waals surface area contributed by atoms with Crippen molar-refractivity contribution in [1.29, 1.82) is 0 Å². The number of rotatable bonds is 5. The molecule has 0 spiro atoms. The van der Waals surface area contributed by atoms with Crippen molar-refractivity contribution in [2.45, 2.75) is 25.3 Å². The van der Waals surface area contributed by atoms with E-state index in [0.29, 0.717) is 18.2 Å². The Bertz CT molecular complexity index is 764. The highest BCUT2D eigenvalue weighted by atomic mass is 35.5. The summed E-state index contributed by atoms with van der Waals surface area (Å²) < 4.78 is 1.46. The summed E-state index contributed by atoms with van der Waals surface area (Å²) in [5, 5.41) is 18.1. The van der Waals surface area contributed by atoms with E-state index in [-0.39, 0.29) is 35.7 Å². The maximum Gasteiger partial charge on any atom is 0.272 e. The molecule has 1 saturated carbocycles. The summed E-state index contributed by atoms with van der Waals surface area (Å²) >= 11 is 0. The molecule has 2 atom stereocenters. The molecule has 2 unspecified atom stereocenters. The van der Waals surface area contributed by atoms with E-state index < -0.39 is 4.92 Å². The molecule has 0 radical (unpaired) electrons. The zero-order valence-corrected chi connectivity index (χ0v) is 14.3. The van der Waals surface area contributed by atoms with Gasteiger partial charge in [0.25, 0.3) is 11.6 Å². The van der Waals surface area contributed by atoms with Gasteiger partial charge in [0.1, 0.15) is 0 Å². The Morgan fingerprint density at radius 1 is 1.40 bits per heavy atom. The highest BCUT2D eigenvalue weighted by Crippen LogP contribution is 2.24. The second kappa shape index (κ2) is 8.09. The fourth-order valence-corrected chi connectivity index (χ4v) is 3.09. The Morgan fingerprint density at radius 3 is 2.92 bits per heavy atom. The molecule has 1 heterocycles. The average molecular weight is 366 g/mol. The Morgan fingerprint density at radius 2 is 2.20 bits per heavy atom. The number of aromatic nitrogens is 2. The number of benzene rings is 1. The summed E-state index contributed by atoms with van der Waals surface area (Å²) in [5.74, 6) is 0.0670. The Kier molecular flexibility index (Phi) is 6.11. The number of amides is 1. The molecule has 3 N–H and O–H groups in total. The predicted molar refractivity (Wildman–Crippen MR) is 95.1 cm³/mol. The third kappa shape index (κ3) is 4.15. The van der Waals surface area contributed by atoms with Crippen LogP contribution >= 0.6 is 12.4 Å². The molecule has 8 nitrogen and oxygen atoms in total. The predicted octanol–water partition coefficient (Wildman–Crippen LogP) is 2.06. The molecule has 1 fully saturated rings. The van der Waals surface area contributed by atoms with E-state index >= 15 is 0 Å². The average Bonchev–Trinajstić information content (AvgIpc) is 3.24. The van der Waals surface area contributed by atoms with Gasteiger partial charge in [-0.15, -0.1) is 12.4 Å². The third-order valence-electron chi connectivity index (χ3n) is 4.41. The van der Waals surface area contributed by atoms with E-state index in [2.05, 4.69) is 10.4 Å². The first-order chi connectivity index (χ1) is 11.6. The second-order valence-corrected chi connectivity index (χ2v) is 5.93. The first-order valence-corrected chi connectivity index (χ1v) is 7.90. The van der Waals surface area contributed by atoms with Gasteiger partial charge in [0, 0.05) is 24.4 Å². The van der Waals surface area contributed by atoms with Crippen LogP contribution in [0.15, 0.2) is 36.5 Å². The van der Waals surface area contributed by atoms with Gasteiger partial charge in [0.2, 0.25) is 0 Å². The SMILES string of the molecule is Cl.NCC1CCCC1NC(=O)c1ccn(-c2cccc([N+](=O)[O-])c2)n1. The molecule has 2 aromatic rings. The van der Waals surface area contributed by atoms with Crippen molar-refractivity contribution in [3.63, 3.8) is 0 Å². The van der Waals surface area contributed by atoms with Gasteiger partial charge in [0.05, 0.1) is 10.6 Å². The van der Waals surface area contributed by atoms with Crippen LogP contribution in [0.4, 0.5) is 5.69 Å². The quantitative estimate of drug-likeness (QED) is 0.621. The highest BCUT2D eigenvalue weighted by molar-refractivity contribution is 5.92. The fraction of sp³-hybridized carbons (Fsp3) is 0.375. The molecule has 0 bridgehead atoms. The van der Waals surface area contributed by atoms with Crippen LogP contribution in [0.2, 0.25) is 0 Å². The zero-order valence-electron chi connectivity index (χ0n) is 13.5. The van der Waals surface area contributed by atoms with E-state index in [1.807, 2.05) is 0 Å². The molecule has 1 aromatic heterocycles. The van der Waals surface area contributed by atoms with Crippen LogP contribution in [-0.4, -0.2) is 33.2 Å². The molecule has 1 aromatic carbocycles. The minimum absolute atomic E-state index is 0. The maximum atomic E-state index is 12.3. The standard InChI is InChI=1S/C16H19N5O3.ClH/c17-10-11-3-1-6-14(11)18-16(22)15-7-8-20(19-15)12-4-2-5-13(9-12)21(23)24;/h2,4-5,7-9,11,14H,1,3,6,10,17H2,(H,18,22);1H. The zero-order chi connectivity index (χ0) is 17.1. The van der Waals surface area contributed by atoms with E-state index in [4.69, 9.17) is 5.73 Å². The lowest BCUT2D eigenvalue weighted by Gasteiger charge is -2.18. The Hall–Kier alpha value is -2.45. The van der Waals surface area contributed by atoms with Gasteiger partial charge in [-0.25, -0.2) is 4.68 Å². The van der Waals surface area contributed by atoms with Gasteiger partial charge in [0.15, 0.2) is 5.69 Å². The van der Waals surface area contributed by atoms with Crippen LogP contribution in [0, 0.1) is 16.0 Å². The topological polar surface area (TPSA) is 116 Å². The number of carbonyl (C=O) groups excluding carboxylic acids is 1. The fourth-order valence-electron chi connectivity index (χ4n) is 3.09. The van der Waals surface area contributed by atoms with Gasteiger partial charge in [-0.1, -0.05) is 12.5 Å². The van der Waals surface area contributed by atoms with E-state index in [9.17, 15) is 14.9 Å². The number of non-ortho nitro benzene ring substituents is 1. The molecule has 9 heteroatoms. The van der Waals surface area contributed by atoms with Crippen LogP contribution in [-0.2, 0) is 0 Å². The first-order valence-electron chi connectivity index (χ1n) is 7.90. The summed E-state index contributed by atoms with van der Waals surface area (Å²) in [5.41, 5.74) is 6.52. The van der Waals surface area contributed by atoms with Gasteiger partial charge in [-0.3, -0.25) is 14.9 Å². The Labute approximate surface area is 151 Å². The lowest BCUT2D eigenvalue weighted by Crippen LogP contribution is -2.40. The van der Waals surface area contributed by atoms with Crippen molar-refractivity contribution in [3.05, 3.63) is 52.3 Å². The summed E-state index contributed by atoms with van der Waals surface area (Å²) in [6, 6.07) is 7.79. The number of nitrogens with one attached hydrogen (secondary N) is 1. The third-order valence-corrected chi connectivity index (χ3v) is 4.41. The van der Waals surface area contributed by atoms with Crippen LogP contribution in [0.1, 0.15) is 29.8 Å². The minimum Gasteiger partial charge on any atom is -0.348 e. The van der Waals surface area contributed by atoms with Gasteiger partial charge >= 0.3 is 0 Å². The van der Waals surface area contributed by atoms with Gasteiger partial charge < -0.3 is 11.1 Å². The largest absolute Gasteiger partial charge is 0.348 e. The molecule has 1 aliphatic rings. The molecule has 0 aliphatic heterocycles. The Balaban J connectivity index is 0.00000225. The van der Waals surface area contributed by atoms with Crippen LogP contribution in [0.3, 0.4) is 0 Å². The smallest absolute Gasteiger partial charge is 0.272 e. The molecule has 0 saturated heterocycles. The van der Waals surface area contributed by atoms with Crippen molar-refractivity contribution in [2.24, 2.45) is 11.7 Å². The van der Waals surface area contributed by atoms with E-state index in [1.54, 1.807) is 24.4 Å². The van der Waals surface area contributed by atoms with Gasteiger partial charge in [-0.2, -0.15) is 5.10 Å². The minimum atomic E-state index is -0.465. The number of nitrogens with zero attached hydrogens (tertiary/aromatic N) is 3. The first kappa shape index (κ1) is 18.9. The number of nitrogens with two attached hydrogens (primary N) is 1. The highest BCUT2D eigenvalue weighted by Gasteiger charge is 2.28. The van der Waals surface area contributed by atoms with Crippen molar-refractivity contribution in [2.75, 3.05) is 6.54 Å². The van der Waals surface area contributed by atoms with E-state index in [1.165, 1.54) is 16.8 Å². The number of nitro benzene ring substituents is 1. The number of hydrogen-bond donors (Lipinski definition) is 2. The summed E-state index contributed by atoms with van der Waals surface area (Å²) in [4.78, 5) is 22.7. The normalized spacial score (nSPS) is 19.2. The van der Waals surface area contributed by atoms with Crippen LogP contribution in [0.5, 0.6) is 0 Å². The summed E-state index contributed by atoms with van der Waals surface area (Å²) in [7, 11) is 0. The maximum absolute atomic E-state index is 12.3. The number of carbonyl (C=O) groups is 1. The summed E-state index contributed by atoms with van der Waals surface area (Å²) in [6.45, 7) is 0.563. The molecular formula is C16H20ClN5O3. The van der Waals surface area contributed by atoms with Crippen molar-refractivity contribution in [1.82, 2.24) is 15.1 Å². The molecule has 1 aliphatic carbocycles. The van der Waals surface area contributed by atoms with E-state index in [0.717, 1.165) is 19.3 Å². The second-order valence-electron chi connectivity index (χ2n) is 5.93. The number of halogens is 1. The number of hydrogen-bond acceptors (Lipinski definition) is 5. The van der Waals surface area contributed by atoms with Crippen molar-refractivity contribution >= 4 is 24.0 Å². The molecule has 134 valence electrons. The molecule has 1 amide bonds. The van der Waals surface area contributed by atoms with Crippen LogP contribution in [0.25, 0.3) is 5.69 Å². The molecular weight excluding hydrogens is 346 g/mol. The van der Waals surface area contributed by atoms with Crippen molar-refractivity contribution in [3.8, 4) is 5.69 Å². The number of nitro groups is 1. The van der Waals surface area contributed by atoms with Crippen LogP contribution < -0.4 is 11.1 Å². The lowest BCUT2D eigenvalue weighted by molar-refractivity contribution is -0.384. The summed E-state index contributed by atoms with van der Waals surface area (Å²) in [6.07, 6.45) is 4.64. The molecule has 3 rings (SSSR count). The van der Waals surface area contributed by atoms with Crippen molar-refractivity contribution < 1.29 is 9.72 Å². The monoisotopic (exact) mass is 365 g/mol. The lowest BCUT2D eigenvalue weighted by atomic mass is 10.0. The van der Waals surface area contributed by atoms with Gasteiger partial charge in [-0.05, 0) is 37.4 Å². The molecule has 25 heavy (non-hydrogen) atoms.